The van der Waals surface area contributed by atoms with Gasteiger partial charge in [-0.3, -0.25) is 4.90 Å². The van der Waals surface area contributed by atoms with E-state index in [9.17, 15) is 31.1 Å². The first-order chi connectivity index (χ1) is 8.51. The van der Waals surface area contributed by atoms with Gasteiger partial charge in [0.2, 0.25) is 6.04 Å². The smallest absolute Gasteiger partial charge is 0.417 e. The molecule has 0 rings (SSSR count). The van der Waals surface area contributed by atoms with Crippen LogP contribution in [-0.4, -0.2) is 41.0 Å². The van der Waals surface area contributed by atoms with Crippen LogP contribution in [0.1, 0.15) is 32.6 Å². The van der Waals surface area contributed by atoms with Gasteiger partial charge in [0.1, 0.15) is 0 Å². The Morgan fingerprint density at radius 3 is 1.84 bits per heavy atom. The molecule has 3 nitrogen and oxygen atoms in total. The number of nitrogens with zero attached hydrogens (tertiary/aromatic N) is 1. The Balaban J connectivity index is 4.94. The van der Waals surface area contributed by atoms with E-state index < -0.39 is 35.9 Å². The molecule has 0 radical (unpaired) electrons. The number of rotatable bonds is 6. The van der Waals surface area contributed by atoms with E-state index in [0.29, 0.717) is 12.8 Å². The summed E-state index contributed by atoms with van der Waals surface area (Å²) in [6.45, 7) is 1.02. The second kappa shape index (κ2) is 6.85. The summed E-state index contributed by atoms with van der Waals surface area (Å²) < 4.78 is 74.3. The third kappa shape index (κ3) is 6.02. The van der Waals surface area contributed by atoms with E-state index in [2.05, 4.69) is 0 Å². The third-order valence-electron chi connectivity index (χ3n) is 2.43. The maximum Gasteiger partial charge on any atom is 0.417 e. The van der Waals surface area contributed by atoms with Gasteiger partial charge in [-0.2, -0.15) is 26.3 Å². The Hall–Kier alpha value is -1.15. The molecular weight excluding hydrogens is 280 g/mol. The quantitative estimate of drug-likeness (QED) is 0.593. The lowest BCUT2D eigenvalue weighted by atomic mass is 10.1. The van der Waals surface area contributed by atoms with Crippen molar-refractivity contribution in [1.29, 1.82) is 0 Å². The van der Waals surface area contributed by atoms with Gasteiger partial charge >= 0.3 is 18.4 Å². The van der Waals surface area contributed by atoms with Crippen LogP contribution in [0.4, 0.5) is 31.1 Å². The second-order valence-electron chi connectivity index (χ2n) is 4.02. The van der Waals surface area contributed by atoms with E-state index in [1.807, 2.05) is 6.92 Å². The summed E-state index contributed by atoms with van der Waals surface area (Å²) in [6.07, 6.45) is -11.9. The summed E-state index contributed by atoms with van der Waals surface area (Å²) in [6, 6.07) is -3.97. The molecule has 0 fully saturated rings. The van der Waals surface area contributed by atoms with Crippen LogP contribution < -0.4 is 0 Å². The van der Waals surface area contributed by atoms with Crippen LogP contribution in [0, 0.1) is 0 Å². The molecule has 0 aliphatic carbocycles. The first-order valence-electron chi connectivity index (χ1n) is 5.64. The fourth-order valence-electron chi connectivity index (χ4n) is 1.58. The van der Waals surface area contributed by atoms with Gasteiger partial charge in [-0.25, -0.2) is 4.79 Å². The number of carbonyl (C=O) groups is 1. The van der Waals surface area contributed by atoms with Gasteiger partial charge in [0.15, 0.2) is 0 Å². The van der Waals surface area contributed by atoms with Gasteiger partial charge in [0.25, 0.3) is 0 Å². The van der Waals surface area contributed by atoms with Crippen molar-refractivity contribution in [1.82, 2.24) is 4.90 Å². The first-order valence-corrected chi connectivity index (χ1v) is 5.64. The zero-order valence-electron chi connectivity index (χ0n) is 10.2. The Bertz CT molecular complexity index is 275. The predicted octanol–water partition coefficient (Wildman–Crippen LogP) is 4.04. The molecule has 0 heterocycles. The standard InChI is InChI=1S/C10H15F6NO2/c1-2-3-4-5-6-17(8(18)19)7(9(11,12)13)10(14,15)16/h7H,2-6H2,1H3,(H,18,19). The van der Waals surface area contributed by atoms with Crippen LogP contribution in [0.5, 0.6) is 0 Å². The molecule has 0 aliphatic rings. The monoisotopic (exact) mass is 295 g/mol. The topological polar surface area (TPSA) is 40.5 Å². The Labute approximate surface area is 106 Å². The molecule has 0 aromatic carbocycles. The summed E-state index contributed by atoms with van der Waals surface area (Å²) in [5, 5.41) is 8.55. The van der Waals surface area contributed by atoms with Crippen LogP contribution in [0.25, 0.3) is 0 Å². The van der Waals surface area contributed by atoms with Crippen LogP contribution in [0.3, 0.4) is 0 Å². The zero-order chi connectivity index (χ0) is 15.3. The van der Waals surface area contributed by atoms with Gasteiger partial charge in [-0.1, -0.05) is 26.2 Å². The summed E-state index contributed by atoms with van der Waals surface area (Å²) in [5.41, 5.74) is 0. The molecule has 0 saturated heterocycles. The van der Waals surface area contributed by atoms with Crippen molar-refractivity contribution < 1.29 is 36.2 Å². The van der Waals surface area contributed by atoms with Crippen molar-refractivity contribution in [2.75, 3.05) is 6.54 Å². The molecule has 19 heavy (non-hydrogen) atoms. The van der Waals surface area contributed by atoms with E-state index in [1.165, 1.54) is 0 Å². The molecule has 9 heteroatoms. The van der Waals surface area contributed by atoms with Crippen LogP contribution >= 0.6 is 0 Å². The van der Waals surface area contributed by atoms with Crippen LogP contribution in [-0.2, 0) is 0 Å². The van der Waals surface area contributed by atoms with Crippen molar-refractivity contribution in [2.24, 2.45) is 0 Å². The highest BCUT2D eigenvalue weighted by Gasteiger charge is 2.61. The van der Waals surface area contributed by atoms with E-state index in [-0.39, 0.29) is 6.42 Å². The molecule has 0 aliphatic heterocycles. The van der Waals surface area contributed by atoms with Gasteiger partial charge in [-0.15, -0.1) is 0 Å². The zero-order valence-corrected chi connectivity index (χ0v) is 10.2. The largest absolute Gasteiger partial charge is 0.465 e. The van der Waals surface area contributed by atoms with Crippen molar-refractivity contribution in [3.8, 4) is 0 Å². The highest BCUT2D eigenvalue weighted by atomic mass is 19.4. The summed E-state index contributed by atoms with van der Waals surface area (Å²) in [4.78, 5) is 10.0. The molecule has 0 atom stereocenters. The molecule has 0 bridgehead atoms. The van der Waals surface area contributed by atoms with Crippen molar-refractivity contribution in [2.45, 2.75) is 51.0 Å². The molecule has 1 amide bonds. The fraction of sp³-hybridized carbons (Fsp3) is 0.900. The summed E-state index contributed by atoms with van der Waals surface area (Å²) >= 11 is 0. The second-order valence-corrected chi connectivity index (χ2v) is 4.02. The number of halogens is 6. The Morgan fingerprint density at radius 1 is 1.05 bits per heavy atom. The lowest BCUT2D eigenvalue weighted by Gasteiger charge is -2.32. The van der Waals surface area contributed by atoms with Gasteiger partial charge in [0, 0.05) is 6.54 Å². The number of unbranched alkanes of at least 4 members (excludes halogenated alkanes) is 3. The molecular formula is C10H15F6NO2. The van der Waals surface area contributed by atoms with E-state index in [0.717, 1.165) is 6.42 Å². The lowest BCUT2D eigenvalue weighted by molar-refractivity contribution is -0.281. The average Bonchev–Trinajstić information content (AvgIpc) is 2.18. The normalized spacial score (nSPS) is 12.8. The minimum atomic E-state index is -5.68. The highest BCUT2D eigenvalue weighted by molar-refractivity contribution is 5.65. The number of amides is 1. The predicted molar refractivity (Wildman–Crippen MR) is 54.8 cm³/mol. The molecule has 0 unspecified atom stereocenters. The maximum absolute atomic E-state index is 12.4. The van der Waals surface area contributed by atoms with Gasteiger partial charge in [0.05, 0.1) is 0 Å². The Kier molecular flexibility index (Phi) is 6.44. The molecule has 1 N–H and O–H groups in total. The average molecular weight is 295 g/mol. The minimum Gasteiger partial charge on any atom is -0.465 e. The molecule has 0 aromatic heterocycles. The lowest BCUT2D eigenvalue weighted by Crippen LogP contribution is -2.56. The van der Waals surface area contributed by atoms with Crippen LogP contribution in [0.2, 0.25) is 0 Å². The van der Waals surface area contributed by atoms with E-state index >= 15 is 0 Å². The SMILES string of the molecule is CCCCCCN(C(=O)O)C(C(F)(F)F)C(F)(F)F. The molecule has 0 aromatic rings. The van der Waals surface area contributed by atoms with Gasteiger partial charge < -0.3 is 5.11 Å². The minimum absolute atomic E-state index is 0.0389. The third-order valence-corrected chi connectivity index (χ3v) is 2.43. The molecule has 114 valence electrons. The van der Waals surface area contributed by atoms with Gasteiger partial charge in [-0.05, 0) is 6.42 Å². The highest BCUT2D eigenvalue weighted by Crippen LogP contribution is 2.37. The summed E-state index contributed by atoms with van der Waals surface area (Å²) in [7, 11) is 0. The number of carboxylic acid groups (broad SMARTS) is 1. The number of alkyl halides is 6. The van der Waals surface area contributed by atoms with E-state index in [4.69, 9.17) is 5.11 Å². The number of hydrogen-bond acceptors (Lipinski definition) is 1. The Morgan fingerprint density at radius 2 is 1.53 bits per heavy atom. The van der Waals surface area contributed by atoms with E-state index in [1.54, 1.807) is 0 Å². The van der Waals surface area contributed by atoms with Crippen LogP contribution in [0.15, 0.2) is 0 Å². The van der Waals surface area contributed by atoms with Crippen molar-refractivity contribution in [3.63, 3.8) is 0 Å². The fourth-order valence-corrected chi connectivity index (χ4v) is 1.58. The first kappa shape index (κ1) is 17.8. The maximum atomic E-state index is 12.4. The summed E-state index contributed by atoms with van der Waals surface area (Å²) in [5.74, 6) is 0. The molecule has 0 spiro atoms. The number of hydrogen-bond donors (Lipinski definition) is 1. The molecule has 0 saturated carbocycles. The van der Waals surface area contributed by atoms with Crippen molar-refractivity contribution >= 4 is 6.09 Å². The van der Waals surface area contributed by atoms with Crippen molar-refractivity contribution in [3.05, 3.63) is 0 Å².